The number of nitrogens with zero attached hydrogens (tertiary/aromatic N) is 4. The number of amides is 1. The van der Waals surface area contributed by atoms with Gasteiger partial charge in [0, 0.05) is 43.7 Å². The minimum Gasteiger partial charge on any atom is -0.354 e. The molecular formula is C21H23N5O. The third-order valence-corrected chi connectivity index (χ3v) is 5.50. The van der Waals surface area contributed by atoms with E-state index in [0.717, 1.165) is 43.7 Å². The second-order valence-corrected chi connectivity index (χ2v) is 7.63. The van der Waals surface area contributed by atoms with Crippen LogP contribution in [0.1, 0.15) is 30.3 Å². The number of para-hydroxylation sites is 1. The SMILES string of the molecule is O=C(NC[C@@H]1CN(Cc2ccc3ccccc3n2)Cc2cncn21)C1CC1. The first-order chi connectivity index (χ1) is 13.3. The molecule has 0 saturated heterocycles. The molecule has 0 radical (unpaired) electrons. The van der Waals surface area contributed by atoms with E-state index < -0.39 is 0 Å². The topological polar surface area (TPSA) is 63.1 Å². The summed E-state index contributed by atoms with van der Waals surface area (Å²) in [5.41, 5.74) is 3.29. The van der Waals surface area contributed by atoms with E-state index in [1.807, 2.05) is 24.7 Å². The summed E-state index contributed by atoms with van der Waals surface area (Å²) in [6, 6.07) is 12.7. The Labute approximate surface area is 158 Å². The van der Waals surface area contributed by atoms with Gasteiger partial charge in [-0.15, -0.1) is 0 Å². The number of hydrogen-bond acceptors (Lipinski definition) is 4. The van der Waals surface area contributed by atoms with Crippen molar-refractivity contribution in [1.29, 1.82) is 0 Å². The van der Waals surface area contributed by atoms with Gasteiger partial charge in [-0.25, -0.2) is 4.98 Å². The zero-order valence-electron chi connectivity index (χ0n) is 15.2. The molecule has 0 bridgehead atoms. The monoisotopic (exact) mass is 361 g/mol. The summed E-state index contributed by atoms with van der Waals surface area (Å²) in [5.74, 6) is 0.443. The van der Waals surface area contributed by atoms with E-state index in [1.54, 1.807) is 0 Å². The highest BCUT2D eigenvalue weighted by Gasteiger charge is 2.31. The maximum atomic E-state index is 12.0. The maximum Gasteiger partial charge on any atom is 0.223 e. The normalized spacial score (nSPS) is 19.8. The third kappa shape index (κ3) is 3.45. The lowest BCUT2D eigenvalue weighted by molar-refractivity contribution is -0.122. The highest BCUT2D eigenvalue weighted by molar-refractivity contribution is 5.80. The second kappa shape index (κ2) is 6.78. The van der Waals surface area contributed by atoms with Crippen LogP contribution in [0.4, 0.5) is 0 Å². The second-order valence-electron chi connectivity index (χ2n) is 7.63. The summed E-state index contributed by atoms with van der Waals surface area (Å²) in [4.78, 5) is 23.6. The number of carbonyl (C=O) groups is 1. The van der Waals surface area contributed by atoms with E-state index in [4.69, 9.17) is 4.98 Å². The molecule has 3 heterocycles. The summed E-state index contributed by atoms with van der Waals surface area (Å²) in [7, 11) is 0. The van der Waals surface area contributed by atoms with Crippen molar-refractivity contribution in [2.24, 2.45) is 5.92 Å². The van der Waals surface area contributed by atoms with E-state index in [1.165, 1.54) is 11.1 Å². The highest BCUT2D eigenvalue weighted by atomic mass is 16.2. The molecule has 2 aliphatic rings. The zero-order chi connectivity index (χ0) is 18.2. The van der Waals surface area contributed by atoms with Crippen LogP contribution in [0.15, 0.2) is 48.9 Å². The number of fused-ring (bicyclic) bond motifs is 2. The van der Waals surface area contributed by atoms with Gasteiger partial charge in [0.15, 0.2) is 0 Å². The maximum absolute atomic E-state index is 12.0. The Morgan fingerprint density at radius 3 is 2.96 bits per heavy atom. The number of hydrogen-bond donors (Lipinski definition) is 1. The molecule has 2 aromatic heterocycles. The van der Waals surface area contributed by atoms with Crippen molar-refractivity contribution < 1.29 is 4.79 Å². The van der Waals surface area contributed by atoms with Gasteiger partial charge in [-0.3, -0.25) is 14.7 Å². The van der Waals surface area contributed by atoms with Gasteiger partial charge in [0.05, 0.1) is 29.3 Å². The predicted octanol–water partition coefficient (Wildman–Crippen LogP) is 2.51. The van der Waals surface area contributed by atoms with Gasteiger partial charge in [0.1, 0.15) is 0 Å². The molecule has 1 amide bonds. The minimum atomic E-state index is 0.199. The van der Waals surface area contributed by atoms with Gasteiger partial charge >= 0.3 is 0 Å². The smallest absolute Gasteiger partial charge is 0.223 e. The number of carbonyl (C=O) groups excluding carboxylic acids is 1. The van der Waals surface area contributed by atoms with Gasteiger partial charge < -0.3 is 9.88 Å². The lowest BCUT2D eigenvalue weighted by Crippen LogP contribution is -2.42. The Morgan fingerprint density at radius 2 is 2.07 bits per heavy atom. The van der Waals surface area contributed by atoms with Crippen LogP contribution in [0.25, 0.3) is 10.9 Å². The highest BCUT2D eigenvalue weighted by Crippen LogP contribution is 2.29. The van der Waals surface area contributed by atoms with Crippen LogP contribution in [-0.2, 0) is 17.9 Å². The molecule has 6 heteroatoms. The van der Waals surface area contributed by atoms with E-state index in [-0.39, 0.29) is 17.9 Å². The lowest BCUT2D eigenvalue weighted by atomic mass is 10.1. The van der Waals surface area contributed by atoms with Crippen molar-refractivity contribution in [2.45, 2.75) is 32.0 Å². The van der Waals surface area contributed by atoms with E-state index in [0.29, 0.717) is 6.54 Å². The molecule has 1 saturated carbocycles. The van der Waals surface area contributed by atoms with E-state index in [9.17, 15) is 4.79 Å². The summed E-state index contributed by atoms with van der Waals surface area (Å²) in [5, 5.41) is 4.29. The Morgan fingerprint density at radius 1 is 1.19 bits per heavy atom. The van der Waals surface area contributed by atoms with Gasteiger partial charge in [0.25, 0.3) is 0 Å². The number of aromatic nitrogens is 3. The van der Waals surface area contributed by atoms with Crippen LogP contribution in [0.5, 0.6) is 0 Å². The average Bonchev–Trinajstić information content (AvgIpc) is 3.44. The fourth-order valence-electron chi connectivity index (χ4n) is 3.88. The Kier molecular flexibility index (Phi) is 4.13. The van der Waals surface area contributed by atoms with Crippen molar-refractivity contribution in [3.63, 3.8) is 0 Å². The molecule has 1 aliphatic heterocycles. The van der Waals surface area contributed by atoms with E-state index >= 15 is 0 Å². The fraction of sp³-hybridized carbons (Fsp3) is 0.381. The van der Waals surface area contributed by atoms with Crippen molar-refractivity contribution >= 4 is 16.8 Å². The molecule has 1 N–H and O–H groups in total. The summed E-state index contributed by atoms with van der Waals surface area (Å²) in [6.07, 6.45) is 5.88. The standard InChI is InChI=1S/C21H23N5O/c27-21(16-5-6-16)23-10-19-13-25(12-18-9-22-14-26(18)19)11-17-8-7-15-3-1-2-4-20(15)24-17/h1-4,7-9,14,16,19H,5-6,10-13H2,(H,23,27)/t19-/m1/s1. The molecule has 27 heavy (non-hydrogen) atoms. The van der Waals surface area contributed by atoms with Crippen molar-refractivity contribution in [3.05, 3.63) is 60.3 Å². The molecule has 1 atom stereocenters. The van der Waals surface area contributed by atoms with Crippen molar-refractivity contribution in [2.75, 3.05) is 13.1 Å². The largest absolute Gasteiger partial charge is 0.354 e. The Balaban J connectivity index is 1.31. The number of pyridine rings is 1. The third-order valence-electron chi connectivity index (χ3n) is 5.50. The molecular weight excluding hydrogens is 338 g/mol. The Hall–Kier alpha value is -2.73. The first-order valence-corrected chi connectivity index (χ1v) is 9.62. The number of nitrogens with one attached hydrogen (secondary N) is 1. The molecule has 1 aliphatic carbocycles. The molecule has 1 fully saturated rings. The van der Waals surface area contributed by atoms with Crippen LogP contribution in [0.3, 0.4) is 0 Å². The summed E-state index contributed by atoms with van der Waals surface area (Å²) >= 11 is 0. The minimum absolute atomic E-state index is 0.199. The average molecular weight is 361 g/mol. The van der Waals surface area contributed by atoms with Crippen LogP contribution in [0.2, 0.25) is 0 Å². The predicted molar refractivity (Wildman–Crippen MR) is 103 cm³/mol. The molecule has 6 nitrogen and oxygen atoms in total. The van der Waals surface area contributed by atoms with Gasteiger partial charge in [-0.1, -0.05) is 24.3 Å². The van der Waals surface area contributed by atoms with Crippen molar-refractivity contribution in [3.8, 4) is 0 Å². The molecule has 0 spiro atoms. The van der Waals surface area contributed by atoms with Gasteiger partial charge in [0.2, 0.25) is 5.91 Å². The molecule has 1 aromatic carbocycles. The number of rotatable bonds is 5. The Bertz CT molecular complexity index is 977. The van der Waals surface area contributed by atoms with Crippen LogP contribution < -0.4 is 5.32 Å². The zero-order valence-corrected chi connectivity index (χ0v) is 15.2. The molecule has 138 valence electrons. The van der Waals surface area contributed by atoms with Gasteiger partial charge in [-0.05, 0) is 25.0 Å². The fourth-order valence-corrected chi connectivity index (χ4v) is 3.88. The first-order valence-electron chi connectivity index (χ1n) is 9.62. The van der Waals surface area contributed by atoms with Crippen LogP contribution >= 0.6 is 0 Å². The van der Waals surface area contributed by atoms with Gasteiger partial charge in [-0.2, -0.15) is 0 Å². The quantitative estimate of drug-likeness (QED) is 0.758. The first kappa shape index (κ1) is 16.4. The summed E-state index contributed by atoms with van der Waals surface area (Å²) in [6.45, 7) is 3.17. The van der Waals surface area contributed by atoms with Crippen LogP contribution in [0, 0.1) is 5.92 Å². The van der Waals surface area contributed by atoms with Crippen LogP contribution in [-0.4, -0.2) is 38.4 Å². The molecule has 3 aromatic rings. The number of benzene rings is 1. The molecule has 0 unspecified atom stereocenters. The summed E-state index contributed by atoms with van der Waals surface area (Å²) < 4.78 is 2.21. The number of imidazole rings is 1. The van der Waals surface area contributed by atoms with Crippen molar-refractivity contribution in [1.82, 2.24) is 24.8 Å². The molecule has 5 rings (SSSR count). The lowest BCUT2D eigenvalue weighted by Gasteiger charge is -2.34. The van der Waals surface area contributed by atoms with E-state index in [2.05, 4.69) is 44.0 Å².